The number of sulfonamides is 1. The highest BCUT2D eigenvalue weighted by Gasteiger charge is 2.31. The molecule has 0 amide bonds. The first kappa shape index (κ1) is 16.3. The molecule has 2 N–H and O–H groups in total. The van der Waals surface area contributed by atoms with Crippen molar-refractivity contribution in [3.63, 3.8) is 0 Å². The van der Waals surface area contributed by atoms with Gasteiger partial charge in [-0.3, -0.25) is 0 Å². The number of hydrogen-bond donors (Lipinski definition) is 2. The summed E-state index contributed by atoms with van der Waals surface area (Å²) >= 11 is 0. The zero-order valence-corrected chi connectivity index (χ0v) is 14.0. The molecule has 1 aromatic rings. The lowest BCUT2D eigenvalue weighted by atomic mass is 9.75. The predicted octanol–water partition coefficient (Wildman–Crippen LogP) is 3.37. The van der Waals surface area contributed by atoms with Crippen LogP contribution in [0.3, 0.4) is 0 Å². The van der Waals surface area contributed by atoms with Crippen LogP contribution in [0.5, 0.6) is 0 Å². The fourth-order valence-electron chi connectivity index (χ4n) is 3.12. The molecule has 0 spiro atoms. The Morgan fingerprint density at radius 3 is 2.67 bits per heavy atom. The van der Waals surface area contributed by atoms with Gasteiger partial charge in [0, 0.05) is 12.6 Å². The number of para-hydroxylation sites is 1. The molecule has 1 aliphatic rings. The number of nitrogens with one attached hydrogen (secondary N) is 2. The fourth-order valence-corrected chi connectivity index (χ4v) is 4.57. The minimum Gasteiger partial charge on any atom is -0.384 e. The van der Waals surface area contributed by atoms with E-state index in [1.165, 1.54) is 6.42 Å². The monoisotopic (exact) mass is 310 g/mol. The molecule has 0 saturated heterocycles. The number of anilines is 1. The third-order valence-electron chi connectivity index (χ3n) is 4.07. The highest BCUT2D eigenvalue weighted by atomic mass is 32.2. The summed E-state index contributed by atoms with van der Waals surface area (Å²) < 4.78 is 28.2. The predicted molar refractivity (Wildman–Crippen MR) is 87.0 cm³/mol. The second-order valence-electron chi connectivity index (χ2n) is 6.61. The molecule has 0 radical (unpaired) electrons. The Hall–Kier alpha value is -1.07. The number of benzene rings is 1. The molecule has 118 valence electrons. The van der Waals surface area contributed by atoms with Crippen molar-refractivity contribution in [1.29, 1.82) is 0 Å². The average Bonchev–Trinajstić information content (AvgIpc) is 2.38. The van der Waals surface area contributed by atoms with E-state index in [1.807, 2.05) is 19.1 Å². The molecular formula is C16H26N2O2S. The van der Waals surface area contributed by atoms with Gasteiger partial charge in [0.2, 0.25) is 10.0 Å². The molecule has 2 rings (SSSR count). The Kier molecular flexibility index (Phi) is 4.94. The zero-order chi connectivity index (χ0) is 15.5. The van der Waals surface area contributed by atoms with Gasteiger partial charge < -0.3 is 5.32 Å². The van der Waals surface area contributed by atoms with Crippen LogP contribution in [0.4, 0.5) is 5.69 Å². The van der Waals surface area contributed by atoms with Gasteiger partial charge in [0.25, 0.3) is 0 Å². The van der Waals surface area contributed by atoms with E-state index in [0.717, 1.165) is 19.3 Å². The van der Waals surface area contributed by atoms with E-state index in [1.54, 1.807) is 12.1 Å². The van der Waals surface area contributed by atoms with E-state index in [-0.39, 0.29) is 11.5 Å². The molecule has 5 heteroatoms. The normalized spacial score (nSPS) is 22.0. The molecule has 1 aliphatic carbocycles. The molecule has 1 atom stereocenters. The third kappa shape index (κ3) is 4.20. The summed E-state index contributed by atoms with van der Waals surface area (Å²) in [6.45, 7) is 7.07. The van der Waals surface area contributed by atoms with E-state index in [2.05, 4.69) is 23.9 Å². The Labute approximate surface area is 128 Å². The smallest absolute Gasteiger partial charge is 0.242 e. The summed E-state index contributed by atoms with van der Waals surface area (Å²) in [4.78, 5) is 0.343. The van der Waals surface area contributed by atoms with Crippen molar-refractivity contribution < 1.29 is 8.42 Å². The lowest BCUT2D eigenvalue weighted by Gasteiger charge is -2.35. The molecule has 1 fully saturated rings. The molecule has 1 aromatic carbocycles. The Balaban J connectivity index is 2.19. The maximum Gasteiger partial charge on any atom is 0.242 e. The maximum absolute atomic E-state index is 12.7. The quantitative estimate of drug-likeness (QED) is 0.876. The minimum absolute atomic E-state index is 0.0356. The lowest BCUT2D eigenvalue weighted by Crippen LogP contribution is -2.40. The minimum atomic E-state index is -3.48. The van der Waals surface area contributed by atoms with E-state index < -0.39 is 10.0 Å². The highest BCUT2D eigenvalue weighted by molar-refractivity contribution is 7.89. The van der Waals surface area contributed by atoms with E-state index in [9.17, 15) is 8.42 Å². The first-order valence-corrected chi connectivity index (χ1v) is 9.18. The van der Waals surface area contributed by atoms with Crippen LogP contribution in [0, 0.1) is 5.41 Å². The van der Waals surface area contributed by atoms with Crippen LogP contribution < -0.4 is 10.0 Å². The molecule has 1 saturated carbocycles. The molecule has 21 heavy (non-hydrogen) atoms. The van der Waals surface area contributed by atoms with E-state index in [0.29, 0.717) is 17.1 Å². The zero-order valence-electron chi connectivity index (χ0n) is 13.1. The van der Waals surface area contributed by atoms with E-state index in [4.69, 9.17) is 0 Å². The summed E-state index contributed by atoms with van der Waals surface area (Å²) in [6.07, 6.45) is 4.07. The van der Waals surface area contributed by atoms with Crippen molar-refractivity contribution in [3.05, 3.63) is 24.3 Å². The molecule has 1 unspecified atom stereocenters. The summed E-state index contributed by atoms with van der Waals surface area (Å²) in [5.41, 5.74) is 0.884. The van der Waals surface area contributed by atoms with Gasteiger partial charge in [0.1, 0.15) is 4.90 Å². The number of rotatable bonds is 5. The van der Waals surface area contributed by atoms with Crippen molar-refractivity contribution in [2.45, 2.75) is 57.4 Å². The average molecular weight is 310 g/mol. The van der Waals surface area contributed by atoms with Gasteiger partial charge in [-0.05, 0) is 43.7 Å². The van der Waals surface area contributed by atoms with Crippen LogP contribution >= 0.6 is 0 Å². The van der Waals surface area contributed by atoms with E-state index >= 15 is 0 Å². The summed E-state index contributed by atoms with van der Waals surface area (Å²) in [5.74, 6) is 0. The molecular weight excluding hydrogens is 284 g/mol. The van der Waals surface area contributed by atoms with Gasteiger partial charge in [-0.15, -0.1) is 0 Å². The second-order valence-corrected chi connectivity index (χ2v) is 8.29. The van der Waals surface area contributed by atoms with Crippen LogP contribution in [0.15, 0.2) is 29.2 Å². The van der Waals surface area contributed by atoms with Crippen LogP contribution in [-0.2, 0) is 10.0 Å². The van der Waals surface area contributed by atoms with Crippen LogP contribution in [0.25, 0.3) is 0 Å². The number of hydrogen-bond acceptors (Lipinski definition) is 3. The van der Waals surface area contributed by atoms with Crippen LogP contribution in [0.1, 0.15) is 46.5 Å². The van der Waals surface area contributed by atoms with Crippen molar-refractivity contribution in [3.8, 4) is 0 Å². The van der Waals surface area contributed by atoms with Crippen molar-refractivity contribution >= 4 is 15.7 Å². The maximum atomic E-state index is 12.7. The molecule has 0 bridgehead atoms. The summed E-state index contributed by atoms with van der Waals surface area (Å²) in [6, 6.07) is 7.12. The van der Waals surface area contributed by atoms with Crippen molar-refractivity contribution in [1.82, 2.24) is 4.72 Å². The van der Waals surface area contributed by atoms with Gasteiger partial charge >= 0.3 is 0 Å². The summed E-state index contributed by atoms with van der Waals surface area (Å²) in [5, 5.41) is 3.12. The Morgan fingerprint density at radius 1 is 1.29 bits per heavy atom. The molecule has 0 aliphatic heterocycles. The van der Waals surface area contributed by atoms with Crippen LogP contribution in [-0.4, -0.2) is 21.0 Å². The first-order valence-electron chi connectivity index (χ1n) is 7.69. The van der Waals surface area contributed by atoms with Gasteiger partial charge in [-0.2, -0.15) is 0 Å². The third-order valence-corrected chi connectivity index (χ3v) is 5.65. The molecule has 0 heterocycles. The topological polar surface area (TPSA) is 58.2 Å². The summed E-state index contributed by atoms with van der Waals surface area (Å²) in [7, 11) is -3.48. The lowest BCUT2D eigenvalue weighted by molar-refractivity contribution is 0.212. The van der Waals surface area contributed by atoms with Gasteiger partial charge in [0.15, 0.2) is 0 Å². The van der Waals surface area contributed by atoms with Crippen molar-refractivity contribution in [2.75, 3.05) is 11.9 Å². The van der Waals surface area contributed by atoms with Crippen molar-refractivity contribution in [2.24, 2.45) is 5.41 Å². The fraction of sp³-hybridized carbons (Fsp3) is 0.625. The highest BCUT2D eigenvalue weighted by Crippen LogP contribution is 2.35. The molecule has 4 nitrogen and oxygen atoms in total. The van der Waals surface area contributed by atoms with Gasteiger partial charge in [-0.25, -0.2) is 13.1 Å². The first-order chi connectivity index (χ1) is 9.84. The Bertz CT molecular complexity index is 582. The van der Waals surface area contributed by atoms with Crippen LogP contribution in [0.2, 0.25) is 0 Å². The Morgan fingerprint density at radius 2 is 2.00 bits per heavy atom. The largest absolute Gasteiger partial charge is 0.384 e. The van der Waals surface area contributed by atoms with Gasteiger partial charge in [0.05, 0.1) is 5.69 Å². The standard InChI is InChI=1S/C16H26N2O2S/c1-4-17-14-9-5-6-10-15(14)21(19,20)18-13-8-7-11-16(2,3)12-13/h5-6,9-10,13,17-18H,4,7-8,11-12H2,1-3H3. The SMILES string of the molecule is CCNc1ccccc1S(=O)(=O)NC1CCCC(C)(C)C1. The van der Waals surface area contributed by atoms with Gasteiger partial charge in [-0.1, -0.05) is 32.4 Å². The molecule has 0 aromatic heterocycles. The second kappa shape index (κ2) is 6.36.